The molecule has 5 rings (SSSR count). The van der Waals surface area contributed by atoms with Crippen molar-refractivity contribution in [2.45, 2.75) is 39.2 Å². The van der Waals surface area contributed by atoms with Gasteiger partial charge in [0, 0.05) is 13.1 Å². The van der Waals surface area contributed by atoms with Gasteiger partial charge in [-0.2, -0.15) is 15.1 Å². The molecule has 10 heteroatoms. The van der Waals surface area contributed by atoms with Crippen LogP contribution in [0.25, 0.3) is 6.08 Å². The van der Waals surface area contributed by atoms with Gasteiger partial charge in [-0.1, -0.05) is 35.9 Å². The maximum atomic E-state index is 12.8. The Morgan fingerprint density at radius 2 is 1.95 bits per heavy atom. The van der Waals surface area contributed by atoms with Gasteiger partial charge in [0.15, 0.2) is 17.3 Å². The van der Waals surface area contributed by atoms with E-state index < -0.39 is 5.91 Å². The minimum atomic E-state index is -0.522. The highest BCUT2D eigenvalue weighted by molar-refractivity contribution is 8.27. The van der Waals surface area contributed by atoms with Crippen LogP contribution in [0.1, 0.15) is 42.4 Å². The second kappa shape index (κ2) is 11.2. The number of rotatable bonds is 7. The summed E-state index contributed by atoms with van der Waals surface area (Å²) in [6.07, 6.45) is 4.91. The molecule has 2 aromatic rings. The van der Waals surface area contributed by atoms with Gasteiger partial charge < -0.3 is 14.4 Å². The summed E-state index contributed by atoms with van der Waals surface area (Å²) in [5, 5.41) is 15.2. The Morgan fingerprint density at radius 1 is 1.13 bits per heavy atom. The number of piperidine rings is 1. The zero-order chi connectivity index (χ0) is 26.6. The molecule has 0 spiro atoms. The molecular formula is C28H29N5O4S. The summed E-state index contributed by atoms with van der Waals surface area (Å²) in [4.78, 5) is 31.5. The SMILES string of the molecule is COc1cc(C=C2C(=N)N3N=C(CC(=O)N4CCCCC4)SC3=NC2=O)ccc1OCc1cccc(C)c1. The van der Waals surface area contributed by atoms with Crippen LogP contribution in [-0.4, -0.2) is 58.0 Å². The first-order valence-electron chi connectivity index (χ1n) is 12.5. The molecule has 38 heavy (non-hydrogen) atoms. The molecule has 0 atom stereocenters. The van der Waals surface area contributed by atoms with Crippen molar-refractivity contribution in [3.63, 3.8) is 0 Å². The lowest BCUT2D eigenvalue weighted by Gasteiger charge is -2.26. The molecule has 1 fully saturated rings. The Bertz CT molecular complexity index is 1380. The number of hydrazone groups is 1. The Kier molecular flexibility index (Phi) is 7.59. The van der Waals surface area contributed by atoms with Gasteiger partial charge in [0.05, 0.1) is 19.1 Å². The molecular weight excluding hydrogens is 502 g/mol. The zero-order valence-corrected chi connectivity index (χ0v) is 22.2. The van der Waals surface area contributed by atoms with Crippen LogP contribution in [0.5, 0.6) is 11.5 Å². The van der Waals surface area contributed by atoms with Crippen LogP contribution in [0, 0.1) is 12.3 Å². The minimum absolute atomic E-state index is 0.0156. The van der Waals surface area contributed by atoms with Crippen LogP contribution in [0.4, 0.5) is 0 Å². The van der Waals surface area contributed by atoms with Gasteiger partial charge in [0.25, 0.3) is 5.91 Å². The molecule has 2 aromatic carbocycles. The van der Waals surface area contributed by atoms with Gasteiger partial charge in [-0.15, -0.1) is 0 Å². The summed E-state index contributed by atoms with van der Waals surface area (Å²) in [6.45, 7) is 3.96. The second-order valence-corrected chi connectivity index (χ2v) is 10.4. The summed E-state index contributed by atoms with van der Waals surface area (Å²) < 4.78 is 11.5. The average Bonchev–Trinajstić information content (AvgIpc) is 3.32. The largest absolute Gasteiger partial charge is 0.493 e. The number of ether oxygens (including phenoxy) is 2. The standard InChI is InChI=1S/C28H29N5O4S/c1-18-7-6-8-20(13-18)17-37-22-10-9-19(15-23(22)36-2)14-21-26(29)33-28(30-27(21)35)38-24(31-33)16-25(34)32-11-4-3-5-12-32/h6-10,13-15,29H,3-5,11-12,16-17H2,1-2H3. The van der Waals surface area contributed by atoms with E-state index in [1.54, 1.807) is 31.4 Å². The molecule has 3 aliphatic heterocycles. The van der Waals surface area contributed by atoms with E-state index in [2.05, 4.69) is 16.2 Å². The molecule has 0 aromatic heterocycles. The number of thioether (sulfide) groups is 1. The number of carbonyl (C=O) groups excluding carboxylic acids is 2. The van der Waals surface area contributed by atoms with Gasteiger partial charge in [-0.25, -0.2) is 0 Å². The molecule has 2 amide bonds. The first kappa shape index (κ1) is 25.7. The predicted octanol–water partition coefficient (Wildman–Crippen LogP) is 4.60. The normalized spacial score (nSPS) is 18.3. The third kappa shape index (κ3) is 5.65. The molecule has 3 aliphatic rings. The highest BCUT2D eigenvalue weighted by Crippen LogP contribution is 2.32. The van der Waals surface area contributed by atoms with Crippen molar-refractivity contribution < 1.29 is 19.1 Å². The van der Waals surface area contributed by atoms with E-state index in [4.69, 9.17) is 14.9 Å². The first-order chi connectivity index (χ1) is 18.4. The van der Waals surface area contributed by atoms with E-state index in [-0.39, 0.29) is 23.7 Å². The van der Waals surface area contributed by atoms with Crippen LogP contribution < -0.4 is 9.47 Å². The van der Waals surface area contributed by atoms with Crippen molar-refractivity contribution >= 4 is 45.7 Å². The third-order valence-electron chi connectivity index (χ3n) is 6.48. The quantitative estimate of drug-likeness (QED) is 0.523. The topological polar surface area (TPSA) is 108 Å². The number of hydrogen-bond acceptors (Lipinski definition) is 7. The maximum absolute atomic E-state index is 12.8. The van der Waals surface area contributed by atoms with E-state index in [0.717, 1.165) is 43.5 Å². The van der Waals surface area contributed by atoms with Crippen molar-refractivity contribution in [1.82, 2.24) is 9.91 Å². The third-order valence-corrected chi connectivity index (χ3v) is 7.39. The lowest BCUT2D eigenvalue weighted by atomic mass is 10.1. The molecule has 9 nitrogen and oxygen atoms in total. The smallest absolute Gasteiger partial charge is 0.283 e. The summed E-state index contributed by atoms with van der Waals surface area (Å²) >= 11 is 1.17. The van der Waals surface area contributed by atoms with Crippen LogP contribution in [0.2, 0.25) is 0 Å². The van der Waals surface area contributed by atoms with Crippen molar-refractivity contribution in [3.05, 3.63) is 64.7 Å². The second-order valence-electron chi connectivity index (χ2n) is 9.32. The fourth-order valence-corrected chi connectivity index (χ4v) is 5.39. The Labute approximate surface area is 225 Å². The number of methoxy groups -OCH3 is 1. The molecule has 0 aliphatic carbocycles. The highest BCUT2D eigenvalue weighted by atomic mass is 32.2. The number of nitrogens with zero attached hydrogens (tertiary/aromatic N) is 4. The van der Waals surface area contributed by atoms with E-state index >= 15 is 0 Å². The number of amides is 2. The monoisotopic (exact) mass is 531 g/mol. The van der Waals surface area contributed by atoms with Gasteiger partial charge in [-0.05, 0) is 67.3 Å². The Morgan fingerprint density at radius 3 is 2.71 bits per heavy atom. The summed E-state index contributed by atoms with van der Waals surface area (Å²) in [5.74, 6) is 0.504. The number of carbonyl (C=O) groups is 2. The zero-order valence-electron chi connectivity index (χ0n) is 21.4. The fourth-order valence-electron chi connectivity index (χ4n) is 4.51. The fraction of sp³-hybridized carbons (Fsp3) is 0.321. The number of nitrogens with one attached hydrogen (secondary N) is 1. The number of hydrogen-bond donors (Lipinski definition) is 1. The molecule has 0 radical (unpaired) electrons. The molecule has 1 N–H and O–H groups in total. The lowest BCUT2D eigenvalue weighted by molar-refractivity contribution is -0.130. The van der Waals surface area contributed by atoms with Gasteiger partial charge in [-0.3, -0.25) is 15.0 Å². The highest BCUT2D eigenvalue weighted by Gasteiger charge is 2.36. The predicted molar refractivity (Wildman–Crippen MR) is 149 cm³/mol. The van der Waals surface area contributed by atoms with Crippen LogP contribution in [0.15, 0.2) is 58.1 Å². The number of fused-ring (bicyclic) bond motifs is 1. The molecule has 196 valence electrons. The maximum Gasteiger partial charge on any atom is 0.283 e. The van der Waals surface area contributed by atoms with Crippen molar-refractivity contribution in [2.75, 3.05) is 20.2 Å². The number of amidine groups is 2. The van der Waals surface area contributed by atoms with E-state index in [0.29, 0.717) is 33.9 Å². The van der Waals surface area contributed by atoms with Crippen molar-refractivity contribution in [2.24, 2.45) is 10.1 Å². The molecule has 1 saturated heterocycles. The van der Waals surface area contributed by atoms with Crippen LogP contribution in [-0.2, 0) is 16.2 Å². The van der Waals surface area contributed by atoms with Crippen molar-refractivity contribution in [1.29, 1.82) is 5.41 Å². The summed E-state index contributed by atoms with van der Waals surface area (Å²) in [7, 11) is 1.55. The summed E-state index contributed by atoms with van der Waals surface area (Å²) in [5.41, 5.74) is 2.98. The first-order valence-corrected chi connectivity index (χ1v) is 13.4. The number of benzene rings is 2. The summed E-state index contributed by atoms with van der Waals surface area (Å²) in [6, 6.07) is 13.4. The molecule has 0 unspecified atom stereocenters. The van der Waals surface area contributed by atoms with Gasteiger partial charge in [0.1, 0.15) is 11.7 Å². The Balaban J connectivity index is 1.30. The molecule has 0 bridgehead atoms. The minimum Gasteiger partial charge on any atom is -0.493 e. The molecule has 3 heterocycles. The number of aliphatic imine (C=N–C) groups is 1. The van der Waals surface area contributed by atoms with Gasteiger partial charge >= 0.3 is 0 Å². The number of aryl methyl sites for hydroxylation is 1. The number of likely N-dealkylation sites (tertiary alicyclic amines) is 1. The van der Waals surface area contributed by atoms with E-state index in [1.165, 1.54) is 16.8 Å². The molecule has 0 saturated carbocycles. The van der Waals surface area contributed by atoms with Crippen LogP contribution in [0.3, 0.4) is 0 Å². The Hall–Kier alpha value is -3.92. The lowest BCUT2D eigenvalue weighted by Crippen LogP contribution is -2.36. The van der Waals surface area contributed by atoms with E-state index in [9.17, 15) is 9.59 Å². The van der Waals surface area contributed by atoms with Gasteiger partial charge in [0.2, 0.25) is 11.1 Å². The van der Waals surface area contributed by atoms with E-state index in [1.807, 2.05) is 30.0 Å². The average molecular weight is 532 g/mol. The van der Waals surface area contributed by atoms with Crippen molar-refractivity contribution in [3.8, 4) is 11.5 Å². The van der Waals surface area contributed by atoms with Crippen LogP contribution >= 0.6 is 11.8 Å².